The molecule has 1 atom stereocenters. The minimum Gasteiger partial charge on any atom is -0.384 e. The van der Waals surface area contributed by atoms with Gasteiger partial charge in [-0.1, -0.05) is 72.8 Å². The second kappa shape index (κ2) is 10.1. The zero-order valence-corrected chi connectivity index (χ0v) is 20.5. The zero-order chi connectivity index (χ0) is 24.3. The lowest BCUT2D eigenvalue weighted by molar-refractivity contribution is 0.208. The summed E-state index contributed by atoms with van der Waals surface area (Å²) in [5, 5.41) is 14.0. The average molecular weight is 477 g/mol. The summed E-state index contributed by atoms with van der Waals surface area (Å²) in [5.74, 6) is 1.35. The summed E-state index contributed by atoms with van der Waals surface area (Å²) >= 11 is 0. The van der Waals surface area contributed by atoms with E-state index in [4.69, 9.17) is 5.73 Å². The molecule has 1 aliphatic heterocycles. The number of piperidine rings is 1. The number of aromatic amines is 1. The predicted octanol–water partition coefficient (Wildman–Crippen LogP) is 5.88. The van der Waals surface area contributed by atoms with Gasteiger partial charge in [-0.25, -0.2) is 4.98 Å². The van der Waals surface area contributed by atoms with E-state index in [1.54, 1.807) is 0 Å². The normalized spacial score (nSPS) is 16.0. The van der Waals surface area contributed by atoms with Gasteiger partial charge in [0.1, 0.15) is 11.3 Å². The summed E-state index contributed by atoms with van der Waals surface area (Å²) in [5.41, 5.74) is 11.4. The van der Waals surface area contributed by atoms with E-state index in [-0.39, 0.29) is 5.92 Å². The van der Waals surface area contributed by atoms with Gasteiger partial charge in [-0.3, -0.25) is 0 Å². The summed E-state index contributed by atoms with van der Waals surface area (Å²) in [6, 6.07) is 28.3. The van der Waals surface area contributed by atoms with E-state index in [0.29, 0.717) is 17.4 Å². The van der Waals surface area contributed by atoms with Crippen molar-refractivity contribution in [2.45, 2.75) is 37.5 Å². The van der Waals surface area contributed by atoms with Gasteiger partial charge in [-0.2, -0.15) is 10.3 Å². The summed E-state index contributed by atoms with van der Waals surface area (Å²) in [6.07, 6.45) is 4.59. The second-order valence-corrected chi connectivity index (χ2v) is 9.96. The molecule has 0 bridgehead atoms. The standard InChI is InChI=1S/C30H32N6/c31-28-20-27(29-30(32-28)34-35-33-29)26(23-8-2-1-3-9-23)11-6-16-36-17-14-22(15-18-36)25-13-12-21-7-4-5-10-24(21)19-25/h1-5,7-10,12-13,19-20,22,26H,6,11,14-18H2,(H3,31,32,33,34,35)/t26-/m1/s1. The molecule has 2 aromatic heterocycles. The van der Waals surface area contributed by atoms with E-state index >= 15 is 0 Å². The molecule has 3 aromatic carbocycles. The topological polar surface area (TPSA) is 83.7 Å². The molecule has 36 heavy (non-hydrogen) atoms. The average Bonchev–Trinajstić information content (AvgIpc) is 3.40. The Morgan fingerprint density at radius 3 is 2.50 bits per heavy atom. The number of H-pyrrole nitrogens is 1. The number of likely N-dealkylation sites (tertiary alicyclic amines) is 1. The van der Waals surface area contributed by atoms with Crippen LogP contribution in [0.3, 0.4) is 0 Å². The molecule has 1 aliphatic rings. The van der Waals surface area contributed by atoms with Crippen molar-refractivity contribution in [3.05, 3.63) is 95.6 Å². The quantitative estimate of drug-likeness (QED) is 0.306. The largest absolute Gasteiger partial charge is 0.384 e. The smallest absolute Gasteiger partial charge is 0.203 e. The minimum absolute atomic E-state index is 0.208. The fourth-order valence-corrected chi connectivity index (χ4v) is 5.80. The molecule has 0 spiro atoms. The van der Waals surface area contributed by atoms with Crippen molar-refractivity contribution in [1.29, 1.82) is 0 Å². The maximum atomic E-state index is 6.14. The highest BCUT2D eigenvalue weighted by Crippen LogP contribution is 2.34. The zero-order valence-electron chi connectivity index (χ0n) is 20.5. The molecule has 6 rings (SSSR count). The number of rotatable bonds is 7. The second-order valence-electron chi connectivity index (χ2n) is 9.96. The molecule has 3 N–H and O–H groups in total. The molecule has 3 heterocycles. The Labute approximate surface area is 211 Å². The number of benzene rings is 3. The van der Waals surface area contributed by atoms with Crippen molar-refractivity contribution < 1.29 is 0 Å². The summed E-state index contributed by atoms with van der Waals surface area (Å²) in [7, 11) is 0. The Morgan fingerprint density at radius 1 is 0.889 bits per heavy atom. The predicted molar refractivity (Wildman–Crippen MR) is 146 cm³/mol. The van der Waals surface area contributed by atoms with Gasteiger partial charge in [0.25, 0.3) is 0 Å². The van der Waals surface area contributed by atoms with Crippen LogP contribution in [0.15, 0.2) is 78.9 Å². The van der Waals surface area contributed by atoms with Crippen LogP contribution in [-0.4, -0.2) is 44.9 Å². The summed E-state index contributed by atoms with van der Waals surface area (Å²) in [6.45, 7) is 3.42. The fourth-order valence-electron chi connectivity index (χ4n) is 5.80. The Hall–Kier alpha value is -3.77. The number of fused-ring (bicyclic) bond motifs is 2. The lowest BCUT2D eigenvalue weighted by Gasteiger charge is -2.32. The molecule has 1 fully saturated rings. The van der Waals surface area contributed by atoms with Crippen LogP contribution in [0.25, 0.3) is 21.9 Å². The van der Waals surface area contributed by atoms with Crippen LogP contribution in [0.2, 0.25) is 0 Å². The van der Waals surface area contributed by atoms with Gasteiger partial charge in [0.2, 0.25) is 5.65 Å². The molecule has 0 radical (unpaired) electrons. The third kappa shape index (κ3) is 4.69. The van der Waals surface area contributed by atoms with Crippen LogP contribution in [-0.2, 0) is 0 Å². The first kappa shape index (κ1) is 22.7. The van der Waals surface area contributed by atoms with Crippen molar-refractivity contribution in [2.24, 2.45) is 0 Å². The number of nitrogen functional groups attached to an aromatic ring is 1. The molecule has 0 amide bonds. The number of nitrogens with zero attached hydrogens (tertiary/aromatic N) is 4. The van der Waals surface area contributed by atoms with Gasteiger partial charge >= 0.3 is 0 Å². The molecule has 5 aromatic rings. The molecule has 6 nitrogen and oxygen atoms in total. The maximum absolute atomic E-state index is 6.14. The number of nitrogens with one attached hydrogen (secondary N) is 1. The monoisotopic (exact) mass is 476 g/mol. The van der Waals surface area contributed by atoms with Gasteiger partial charge in [0, 0.05) is 5.92 Å². The van der Waals surface area contributed by atoms with E-state index < -0.39 is 0 Å². The van der Waals surface area contributed by atoms with Crippen LogP contribution in [0.5, 0.6) is 0 Å². The fraction of sp³-hybridized carbons (Fsp3) is 0.300. The Balaban J connectivity index is 1.11. The Morgan fingerprint density at radius 2 is 1.67 bits per heavy atom. The number of nitrogens with two attached hydrogens (primary N) is 1. The number of hydrogen-bond donors (Lipinski definition) is 2. The van der Waals surface area contributed by atoms with Gasteiger partial charge in [-0.05, 0) is 84.8 Å². The molecule has 0 saturated carbocycles. The van der Waals surface area contributed by atoms with E-state index in [0.717, 1.165) is 43.6 Å². The van der Waals surface area contributed by atoms with Crippen molar-refractivity contribution in [1.82, 2.24) is 25.3 Å². The van der Waals surface area contributed by atoms with E-state index in [9.17, 15) is 0 Å². The van der Waals surface area contributed by atoms with Crippen LogP contribution in [0, 0.1) is 0 Å². The van der Waals surface area contributed by atoms with Crippen molar-refractivity contribution >= 4 is 27.8 Å². The minimum atomic E-state index is 0.208. The maximum Gasteiger partial charge on any atom is 0.203 e. The molecule has 182 valence electrons. The van der Waals surface area contributed by atoms with E-state index in [2.05, 4.69) is 98.1 Å². The number of hydrogen-bond acceptors (Lipinski definition) is 5. The highest BCUT2D eigenvalue weighted by Gasteiger charge is 2.23. The van der Waals surface area contributed by atoms with E-state index in [1.165, 1.54) is 34.7 Å². The number of anilines is 1. The summed E-state index contributed by atoms with van der Waals surface area (Å²) in [4.78, 5) is 6.97. The lowest BCUT2D eigenvalue weighted by atomic mass is 9.86. The lowest BCUT2D eigenvalue weighted by Crippen LogP contribution is -2.33. The third-order valence-corrected chi connectivity index (χ3v) is 7.72. The first-order chi connectivity index (χ1) is 17.7. The molecule has 0 unspecified atom stereocenters. The highest BCUT2D eigenvalue weighted by molar-refractivity contribution is 5.83. The molecule has 1 saturated heterocycles. The van der Waals surface area contributed by atoms with Crippen molar-refractivity contribution in [3.8, 4) is 0 Å². The molecular weight excluding hydrogens is 444 g/mol. The molecule has 0 aliphatic carbocycles. The van der Waals surface area contributed by atoms with Crippen LogP contribution >= 0.6 is 0 Å². The Bertz CT molecular complexity index is 1450. The SMILES string of the molecule is Nc1cc([C@H](CCCN2CCC(c3ccc4ccccc4c3)CC2)c2ccccc2)c2n[nH]nc2n1. The van der Waals surface area contributed by atoms with E-state index in [1.807, 2.05) is 6.07 Å². The van der Waals surface area contributed by atoms with Gasteiger partial charge in [-0.15, -0.1) is 5.10 Å². The van der Waals surface area contributed by atoms with Gasteiger partial charge in [0.15, 0.2) is 0 Å². The molecule has 6 heteroatoms. The first-order valence-electron chi connectivity index (χ1n) is 13.0. The number of pyridine rings is 1. The van der Waals surface area contributed by atoms with Crippen LogP contribution in [0.1, 0.15) is 54.2 Å². The van der Waals surface area contributed by atoms with Crippen LogP contribution in [0.4, 0.5) is 5.82 Å². The highest BCUT2D eigenvalue weighted by atomic mass is 15.3. The first-order valence-corrected chi connectivity index (χ1v) is 13.0. The third-order valence-electron chi connectivity index (χ3n) is 7.72. The summed E-state index contributed by atoms with van der Waals surface area (Å²) < 4.78 is 0. The van der Waals surface area contributed by atoms with Gasteiger partial charge in [0.05, 0.1) is 0 Å². The Kier molecular flexibility index (Phi) is 6.35. The van der Waals surface area contributed by atoms with Crippen LogP contribution < -0.4 is 5.73 Å². The van der Waals surface area contributed by atoms with Crippen molar-refractivity contribution in [3.63, 3.8) is 0 Å². The van der Waals surface area contributed by atoms with Gasteiger partial charge < -0.3 is 10.6 Å². The number of aromatic nitrogens is 4. The molecular formula is C30H32N6. The van der Waals surface area contributed by atoms with Crippen molar-refractivity contribution in [2.75, 3.05) is 25.4 Å².